The Morgan fingerprint density at radius 2 is 2.19 bits per heavy atom. The van der Waals surface area contributed by atoms with Gasteiger partial charge >= 0.3 is 0 Å². The number of nitrogens with one attached hydrogen (secondary N) is 1. The molecule has 1 aliphatic heterocycles. The van der Waals surface area contributed by atoms with E-state index in [0.29, 0.717) is 11.9 Å². The fourth-order valence-electron chi connectivity index (χ4n) is 2.63. The van der Waals surface area contributed by atoms with Crippen molar-refractivity contribution in [2.75, 3.05) is 19.6 Å². The Morgan fingerprint density at radius 1 is 1.44 bits per heavy atom. The first-order valence-electron chi connectivity index (χ1n) is 6.48. The van der Waals surface area contributed by atoms with Crippen molar-refractivity contribution in [3.05, 3.63) is 12.2 Å². The van der Waals surface area contributed by atoms with Crippen molar-refractivity contribution in [3.63, 3.8) is 0 Å². The van der Waals surface area contributed by atoms with Crippen LogP contribution in [0.15, 0.2) is 12.2 Å². The smallest absolute Gasteiger partial charge is 0.226 e. The van der Waals surface area contributed by atoms with E-state index >= 15 is 0 Å². The lowest BCUT2D eigenvalue weighted by molar-refractivity contribution is -0.135. The molecule has 90 valence electrons. The summed E-state index contributed by atoms with van der Waals surface area (Å²) in [6.07, 6.45) is 8.60. The largest absolute Gasteiger partial charge is 0.341 e. The van der Waals surface area contributed by atoms with E-state index < -0.39 is 0 Å². The lowest BCUT2D eigenvalue weighted by Crippen LogP contribution is -2.43. The molecule has 1 saturated heterocycles. The molecular formula is C13H22N2O. The highest BCUT2D eigenvalue weighted by Crippen LogP contribution is 2.21. The summed E-state index contributed by atoms with van der Waals surface area (Å²) in [5, 5.41) is 3.46. The third-order valence-corrected chi connectivity index (χ3v) is 3.65. The fourth-order valence-corrected chi connectivity index (χ4v) is 2.63. The Bertz CT molecular complexity index is 261. The first kappa shape index (κ1) is 11.6. The third kappa shape index (κ3) is 2.64. The van der Waals surface area contributed by atoms with Gasteiger partial charge in [0.25, 0.3) is 0 Å². The van der Waals surface area contributed by atoms with Crippen LogP contribution in [0.5, 0.6) is 0 Å². The lowest BCUT2D eigenvalue weighted by atomic mass is 10.1. The summed E-state index contributed by atoms with van der Waals surface area (Å²) < 4.78 is 0. The summed E-state index contributed by atoms with van der Waals surface area (Å²) in [6, 6.07) is 0.526. The van der Waals surface area contributed by atoms with Crippen molar-refractivity contribution in [2.45, 2.75) is 38.6 Å². The van der Waals surface area contributed by atoms with Gasteiger partial charge in [-0.15, -0.1) is 0 Å². The van der Waals surface area contributed by atoms with Crippen molar-refractivity contribution in [1.82, 2.24) is 10.2 Å². The topological polar surface area (TPSA) is 32.3 Å². The van der Waals surface area contributed by atoms with Crippen LogP contribution >= 0.6 is 0 Å². The van der Waals surface area contributed by atoms with Crippen molar-refractivity contribution in [1.29, 1.82) is 0 Å². The summed E-state index contributed by atoms with van der Waals surface area (Å²) in [6.45, 7) is 4.93. The van der Waals surface area contributed by atoms with Crippen molar-refractivity contribution < 1.29 is 4.79 Å². The Hall–Kier alpha value is -0.830. The van der Waals surface area contributed by atoms with E-state index in [1.165, 1.54) is 12.8 Å². The van der Waals surface area contributed by atoms with Crippen molar-refractivity contribution in [2.24, 2.45) is 5.92 Å². The molecule has 0 saturated carbocycles. The Morgan fingerprint density at radius 3 is 2.75 bits per heavy atom. The maximum atomic E-state index is 12.2. The molecular weight excluding hydrogens is 200 g/mol. The van der Waals surface area contributed by atoms with Crippen LogP contribution in [0, 0.1) is 5.92 Å². The number of allylic oxidation sites excluding steroid dienone is 2. The minimum absolute atomic E-state index is 0.223. The molecule has 1 heterocycles. The summed E-state index contributed by atoms with van der Waals surface area (Å²) in [4.78, 5) is 14.3. The van der Waals surface area contributed by atoms with Gasteiger partial charge in [0, 0.05) is 25.0 Å². The number of carbonyl (C=O) groups excluding carboxylic acids is 1. The van der Waals surface area contributed by atoms with Crippen LogP contribution in [0.4, 0.5) is 0 Å². The van der Waals surface area contributed by atoms with E-state index in [0.717, 1.165) is 32.5 Å². The molecule has 1 amide bonds. The molecule has 0 aromatic rings. The third-order valence-electron chi connectivity index (χ3n) is 3.65. The highest BCUT2D eigenvalue weighted by Gasteiger charge is 2.26. The van der Waals surface area contributed by atoms with E-state index in [4.69, 9.17) is 0 Å². The summed E-state index contributed by atoms with van der Waals surface area (Å²) in [7, 11) is 0. The SMILES string of the molecule is CCN(CC1CCCN1)C(=O)C1CC=CC1. The van der Waals surface area contributed by atoms with E-state index in [9.17, 15) is 4.79 Å². The molecule has 0 bridgehead atoms. The van der Waals surface area contributed by atoms with Gasteiger partial charge in [-0.2, -0.15) is 0 Å². The monoisotopic (exact) mass is 222 g/mol. The van der Waals surface area contributed by atoms with Gasteiger partial charge in [0.2, 0.25) is 5.91 Å². The fraction of sp³-hybridized carbons (Fsp3) is 0.769. The first-order valence-corrected chi connectivity index (χ1v) is 6.48. The molecule has 3 nitrogen and oxygen atoms in total. The number of hydrogen-bond acceptors (Lipinski definition) is 2. The van der Waals surface area contributed by atoms with Crippen LogP contribution in [0.2, 0.25) is 0 Å². The van der Waals surface area contributed by atoms with Crippen LogP contribution < -0.4 is 5.32 Å². The van der Waals surface area contributed by atoms with Crippen molar-refractivity contribution in [3.8, 4) is 0 Å². The zero-order valence-corrected chi connectivity index (χ0v) is 10.1. The number of carbonyl (C=O) groups is 1. The Labute approximate surface area is 97.9 Å². The molecule has 3 heteroatoms. The summed E-state index contributed by atoms with van der Waals surface area (Å²) in [5.41, 5.74) is 0. The lowest BCUT2D eigenvalue weighted by Gasteiger charge is -2.27. The van der Waals surface area contributed by atoms with Crippen LogP contribution in [-0.4, -0.2) is 36.5 Å². The summed E-state index contributed by atoms with van der Waals surface area (Å²) >= 11 is 0. The second kappa shape index (κ2) is 5.48. The van der Waals surface area contributed by atoms with Gasteiger partial charge in [-0.3, -0.25) is 4.79 Å². The van der Waals surface area contributed by atoms with Gasteiger partial charge in [-0.1, -0.05) is 12.2 Å². The second-order valence-electron chi connectivity index (χ2n) is 4.81. The molecule has 2 rings (SSSR count). The van der Waals surface area contributed by atoms with Gasteiger partial charge < -0.3 is 10.2 Å². The highest BCUT2D eigenvalue weighted by molar-refractivity contribution is 5.79. The second-order valence-corrected chi connectivity index (χ2v) is 4.81. The number of likely N-dealkylation sites (N-methyl/N-ethyl adjacent to an activating group) is 1. The molecule has 16 heavy (non-hydrogen) atoms. The molecule has 1 unspecified atom stereocenters. The maximum Gasteiger partial charge on any atom is 0.226 e. The van der Waals surface area contributed by atoms with Gasteiger partial charge in [0.05, 0.1) is 0 Å². The van der Waals surface area contributed by atoms with Crippen LogP contribution in [-0.2, 0) is 4.79 Å². The highest BCUT2D eigenvalue weighted by atomic mass is 16.2. The molecule has 0 aromatic heterocycles. The van der Waals surface area contributed by atoms with Crippen LogP contribution in [0.3, 0.4) is 0 Å². The predicted molar refractivity (Wildman–Crippen MR) is 65.1 cm³/mol. The first-order chi connectivity index (χ1) is 7.81. The molecule has 0 radical (unpaired) electrons. The zero-order chi connectivity index (χ0) is 11.4. The normalized spacial score (nSPS) is 25.2. The number of nitrogens with zero attached hydrogens (tertiary/aromatic N) is 1. The van der Waals surface area contributed by atoms with Gasteiger partial charge in [-0.25, -0.2) is 0 Å². The quantitative estimate of drug-likeness (QED) is 0.732. The van der Waals surface area contributed by atoms with E-state index in [2.05, 4.69) is 24.4 Å². The minimum atomic E-state index is 0.223. The Balaban J connectivity index is 1.85. The van der Waals surface area contributed by atoms with Crippen molar-refractivity contribution >= 4 is 5.91 Å². The zero-order valence-electron chi connectivity index (χ0n) is 10.1. The summed E-state index contributed by atoms with van der Waals surface area (Å²) in [5.74, 6) is 0.572. The average molecular weight is 222 g/mol. The van der Waals surface area contributed by atoms with E-state index in [-0.39, 0.29) is 5.92 Å². The van der Waals surface area contributed by atoms with Gasteiger partial charge in [0.1, 0.15) is 0 Å². The molecule has 1 N–H and O–H groups in total. The molecule has 0 aromatic carbocycles. The molecule has 1 fully saturated rings. The number of amides is 1. The maximum absolute atomic E-state index is 12.2. The number of hydrogen-bond donors (Lipinski definition) is 1. The molecule has 1 atom stereocenters. The minimum Gasteiger partial charge on any atom is -0.341 e. The van der Waals surface area contributed by atoms with Gasteiger partial charge in [0.15, 0.2) is 0 Å². The Kier molecular flexibility index (Phi) is 3.99. The van der Waals surface area contributed by atoms with Gasteiger partial charge in [-0.05, 0) is 39.2 Å². The van der Waals surface area contributed by atoms with E-state index in [1.807, 2.05) is 4.90 Å². The molecule has 2 aliphatic rings. The van der Waals surface area contributed by atoms with E-state index in [1.54, 1.807) is 0 Å². The predicted octanol–water partition coefficient (Wildman–Crippen LogP) is 1.55. The van der Waals surface area contributed by atoms with Crippen LogP contribution in [0.1, 0.15) is 32.6 Å². The number of rotatable bonds is 4. The molecule has 0 spiro atoms. The average Bonchev–Trinajstić information content (AvgIpc) is 2.97. The standard InChI is InChI=1S/C13H22N2O/c1-2-15(10-12-8-5-9-14-12)13(16)11-6-3-4-7-11/h3-4,11-12,14H,2,5-10H2,1H3. The molecule has 1 aliphatic carbocycles. The van der Waals surface area contributed by atoms with Crippen LogP contribution in [0.25, 0.3) is 0 Å².